The molecule has 0 aliphatic carbocycles. The van der Waals surface area contributed by atoms with Crippen molar-refractivity contribution >= 4 is 11.7 Å². The number of nitrogens with one attached hydrogen (secondary N) is 2. The monoisotopic (exact) mass is 324 g/mol. The summed E-state index contributed by atoms with van der Waals surface area (Å²) in [4.78, 5) is 23.9. The van der Waals surface area contributed by atoms with Crippen LogP contribution < -0.4 is 10.6 Å². The summed E-state index contributed by atoms with van der Waals surface area (Å²) in [5.41, 5.74) is 1.42. The van der Waals surface area contributed by atoms with E-state index in [0.717, 1.165) is 18.4 Å². The van der Waals surface area contributed by atoms with E-state index in [0.29, 0.717) is 29.2 Å². The van der Waals surface area contributed by atoms with Crippen molar-refractivity contribution in [3.8, 4) is 11.3 Å². The summed E-state index contributed by atoms with van der Waals surface area (Å²) < 4.78 is 5.71. The molecule has 2 fully saturated rings. The van der Waals surface area contributed by atoms with Crippen LogP contribution >= 0.6 is 0 Å². The quantitative estimate of drug-likeness (QED) is 0.848. The molecule has 1 amide bonds. The van der Waals surface area contributed by atoms with Crippen molar-refractivity contribution in [1.82, 2.24) is 10.6 Å². The average molecular weight is 324 g/mol. The van der Waals surface area contributed by atoms with Crippen LogP contribution in [0.1, 0.15) is 47.1 Å². The van der Waals surface area contributed by atoms with Gasteiger partial charge in [0.1, 0.15) is 5.76 Å². The van der Waals surface area contributed by atoms with Gasteiger partial charge in [0.05, 0.1) is 0 Å². The van der Waals surface area contributed by atoms with Gasteiger partial charge in [-0.2, -0.15) is 0 Å². The van der Waals surface area contributed by atoms with Gasteiger partial charge in [-0.25, -0.2) is 0 Å². The standard InChI is InChI=1S/C19H20N2O3/c1-11(22)12-3-2-4-13(9-12)17-7-8-18(24-17)19(23)21-16-10-14-5-6-15(16)20-14/h2-4,7-9,14-16,20H,5-6,10H2,1H3,(H,21,23). The molecular weight excluding hydrogens is 304 g/mol. The second-order valence-corrected chi connectivity index (χ2v) is 6.66. The van der Waals surface area contributed by atoms with Crippen LogP contribution in [0.4, 0.5) is 0 Å². The summed E-state index contributed by atoms with van der Waals surface area (Å²) in [5.74, 6) is 0.726. The summed E-state index contributed by atoms with van der Waals surface area (Å²) in [6.07, 6.45) is 3.32. The van der Waals surface area contributed by atoms with E-state index >= 15 is 0 Å². The normalized spacial score (nSPS) is 25.0. The van der Waals surface area contributed by atoms with Crippen LogP contribution in [0, 0.1) is 0 Å². The maximum Gasteiger partial charge on any atom is 0.287 e. The van der Waals surface area contributed by atoms with Gasteiger partial charge in [-0.15, -0.1) is 0 Å². The van der Waals surface area contributed by atoms with E-state index < -0.39 is 0 Å². The molecule has 3 heterocycles. The molecule has 2 saturated heterocycles. The highest BCUT2D eigenvalue weighted by molar-refractivity contribution is 5.95. The molecule has 2 aliphatic heterocycles. The van der Waals surface area contributed by atoms with E-state index in [4.69, 9.17) is 4.42 Å². The predicted molar refractivity (Wildman–Crippen MR) is 90.0 cm³/mol. The van der Waals surface area contributed by atoms with Crippen LogP contribution in [-0.4, -0.2) is 29.8 Å². The molecule has 0 saturated carbocycles. The summed E-state index contributed by atoms with van der Waals surface area (Å²) in [6, 6.07) is 11.8. The highest BCUT2D eigenvalue weighted by Crippen LogP contribution is 2.29. The number of carbonyl (C=O) groups excluding carboxylic acids is 2. The number of fused-ring (bicyclic) bond motifs is 2. The molecule has 5 heteroatoms. The van der Waals surface area contributed by atoms with Crippen molar-refractivity contribution in [2.24, 2.45) is 0 Å². The molecule has 3 atom stereocenters. The van der Waals surface area contributed by atoms with Crippen molar-refractivity contribution in [3.05, 3.63) is 47.7 Å². The zero-order valence-electron chi connectivity index (χ0n) is 13.5. The number of Topliss-reactive ketones (excluding diaryl/α,β-unsaturated/α-hetero) is 1. The van der Waals surface area contributed by atoms with Crippen LogP contribution in [0.3, 0.4) is 0 Å². The van der Waals surface area contributed by atoms with Crippen molar-refractivity contribution in [1.29, 1.82) is 0 Å². The average Bonchev–Trinajstić information content (AvgIpc) is 3.31. The Morgan fingerprint density at radius 3 is 2.79 bits per heavy atom. The van der Waals surface area contributed by atoms with Crippen LogP contribution in [0.25, 0.3) is 11.3 Å². The third kappa shape index (κ3) is 2.76. The highest BCUT2D eigenvalue weighted by Gasteiger charge is 2.39. The van der Waals surface area contributed by atoms with Crippen LogP contribution in [0.5, 0.6) is 0 Å². The minimum absolute atomic E-state index is 0.00478. The first-order chi connectivity index (χ1) is 11.6. The Kier molecular flexibility index (Phi) is 3.73. The van der Waals surface area contributed by atoms with E-state index in [9.17, 15) is 9.59 Å². The Morgan fingerprint density at radius 1 is 1.21 bits per heavy atom. The van der Waals surface area contributed by atoms with Crippen LogP contribution in [-0.2, 0) is 0 Å². The maximum atomic E-state index is 12.4. The lowest BCUT2D eigenvalue weighted by molar-refractivity contribution is 0.0903. The van der Waals surface area contributed by atoms with Crippen molar-refractivity contribution in [2.45, 2.75) is 44.3 Å². The van der Waals surface area contributed by atoms with Gasteiger partial charge in [-0.05, 0) is 44.4 Å². The van der Waals surface area contributed by atoms with E-state index in [1.54, 1.807) is 24.3 Å². The Labute approximate surface area is 140 Å². The first-order valence-electron chi connectivity index (χ1n) is 8.38. The molecule has 2 aliphatic rings. The van der Waals surface area contributed by atoms with Gasteiger partial charge in [-0.3, -0.25) is 9.59 Å². The maximum absolute atomic E-state index is 12.4. The van der Waals surface area contributed by atoms with Crippen LogP contribution in [0.15, 0.2) is 40.8 Å². The van der Waals surface area contributed by atoms with Gasteiger partial charge < -0.3 is 15.1 Å². The van der Waals surface area contributed by atoms with Crippen LogP contribution in [0.2, 0.25) is 0 Å². The number of hydrogen-bond acceptors (Lipinski definition) is 4. The second kappa shape index (κ2) is 5.91. The van der Waals surface area contributed by atoms with Gasteiger partial charge in [0.15, 0.2) is 11.5 Å². The Morgan fingerprint density at radius 2 is 2.08 bits per heavy atom. The smallest absolute Gasteiger partial charge is 0.287 e. The number of benzene rings is 1. The highest BCUT2D eigenvalue weighted by atomic mass is 16.3. The SMILES string of the molecule is CC(=O)c1cccc(-c2ccc(C(=O)NC3CC4CCC3N4)o2)c1. The molecule has 4 rings (SSSR count). The van der Waals surface area contributed by atoms with Gasteiger partial charge in [0.25, 0.3) is 5.91 Å². The van der Waals surface area contributed by atoms with Gasteiger partial charge in [-0.1, -0.05) is 18.2 Å². The number of ketones is 1. The number of amides is 1. The molecule has 5 nitrogen and oxygen atoms in total. The lowest BCUT2D eigenvalue weighted by atomic mass is 9.95. The molecule has 2 bridgehead atoms. The molecule has 0 spiro atoms. The Bertz CT molecular complexity index is 795. The summed E-state index contributed by atoms with van der Waals surface area (Å²) in [6.45, 7) is 1.53. The third-order valence-corrected chi connectivity index (χ3v) is 5.00. The molecular formula is C19H20N2O3. The summed E-state index contributed by atoms with van der Waals surface area (Å²) >= 11 is 0. The molecule has 2 aromatic rings. The largest absolute Gasteiger partial charge is 0.451 e. The fourth-order valence-corrected chi connectivity index (χ4v) is 3.73. The fourth-order valence-electron chi connectivity index (χ4n) is 3.73. The number of rotatable bonds is 4. The molecule has 124 valence electrons. The van der Waals surface area contributed by atoms with Crippen molar-refractivity contribution in [2.75, 3.05) is 0 Å². The minimum Gasteiger partial charge on any atom is -0.451 e. The van der Waals surface area contributed by atoms with E-state index in [-0.39, 0.29) is 17.7 Å². The lowest BCUT2D eigenvalue weighted by Crippen LogP contribution is -2.42. The number of furan rings is 1. The van der Waals surface area contributed by atoms with E-state index in [1.807, 2.05) is 12.1 Å². The third-order valence-electron chi connectivity index (χ3n) is 5.00. The topological polar surface area (TPSA) is 71.3 Å². The second-order valence-electron chi connectivity index (χ2n) is 6.66. The molecule has 1 aromatic carbocycles. The van der Waals surface area contributed by atoms with Gasteiger partial charge >= 0.3 is 0 Å². The Balaban J connectivity index is 1.49. The molecule has 3 unspecified atom stereocenters. The lowest BCUT2D eigenvalue weighted by Gasteiger charge is -2.20. The molecule has 2 N–H and O–H groups in total. The molecule has 0 radical (unpaired) electrons. The predicted octanol–water partition coefficient (Wildman–Crippen LogP) is 2.77. The first kappa shape index (κ1) is 15.1. The van der Waals surface area contributed by atoms with E-state index in [1.165, 1.54) is 13.3 Å². The summed E-state index contributed by atoms with van der Waals surface area (Å²) in [5, 5.41) is 6.58. The van der Waals surface area contributed by atoms with Crippen molar-refractivity contribution in [3.63, 3.8) is 0 Å². The first-order valence-corrected chi connectivity index (χ1v) is 8.38. The van der Waals surface area contributed by atoms with Gasteiger partial charge in [0.2, 0.25) is 0 Å². The Hall–Kier alpha value is -2.40. The number of hydrogen-bond donors (Lipinski definition) is 2. The molecule has 1 aromatic heterocycles. The fraction of sp³-hybridized carbons (Fsp3) is 0.368. The molecule has 24 heavy (non-hydrogen) atoms. The number of carbonyl (C=O) groups is 2. The summed E-state index contributed by atoms with van der Waals surface area (Å²) in [7, 11) is 0. The van der Waals surface area contributed by atoms with Crippen molar-refractivity contribution < 1.29 is 14.0 Å². The van der Waals surface area contributed by atoms with E-state index in [2.05, 4.69) is 10.6 Å². The zero-order valence-corrected chi connectivity index (χ0v) is 13.5. The minimum atomic E-state index is -0.177. The zero-order chi connectivity index (χ0) is 16.7. The van der Waals surface area contributed by atoms with Gasteiger partial charge in [0, 0.05) is 29.3 Å².